The minimum absolute atomic E-state index is 0.110. The number of aliphatic carboxylic acids is 1. The fourth-order valence-electron chi connectivity index (χ4n) is 4.86. The lowest BCUT2D eigenvalue weighted by Crippen LogP contribution is -2.30. The van der Waals surface area contributed by atoms with E-state index in [0.29, 0.717) is 30.0 Å². The fourth-order valence-corrected chi connectivity index (χ4v) is 5.37. The highest BCUT2D eigenvalue weighted by atomic mass is 35.5. The number of carbonyl (C=O) groups excluding carboxylic acids is 1. The van der Waals surface area contributed by atoms with Crippen molar-refractivity contribution in [1.82, 2.24) is 4.90 Å². The van der Waals surface area contributed by atoms with Gasteiger partial charge in [0.05, 0.1) is 5.02 Å². The molecule has 0 aliphatic heterocycles. The monoisotopic (exact) mass is 467 g/mol. The highest BCUT2D eigenvalue weighted by molar-refractivity contribution is 6.44. The second-order valence-corrected chi connectivity index (χ2v) is 9.24. The van der Waals surface area contributed by atoms with E-state index in [1.54, 1.807) is 6.08 Å². The summed E-state index contributed by atoms with van der Waals surface area (Å²) < 4.78 is 5.88. The molecule has 0 saturated heterocycles. The molecule has 31 heavy (non-hydrogen) atoms. The van der Waals surface area contributed by atoms with Crippen LogP contribution in [0.5, 0.6) is 5.75 Å². The second-order valence-electron chi connectivity index (χ2n) is 8.49. The van der Waals surface area contributed by atoms with Crippen molar-refractivity contribution < 1.29 is 19.4 Å². The van der Waals surface area contributed by atoms with Gasteiger partial charge in [-0.05, 0) is 75.0 Å². The molecule has 0 bridgehead atoms. The van der Waals surface area contributed by atoms with E-state index in [-0.39, 0.29) is 16.2 Å². The van der Waals surface area contributed by atoms with Gasteiger partial charge in [0.25, 0.3) is 0 Å². The number of carboxylic acid groups (broad SMARTS) is 1. The molecule has 2 aliphatic carbocycles. The van der Waals surface area contributed by atoms with Gasteiger partial charge in [0.1, 0.15) is 10.8 Å². The van der Waals surface area contributed by atoms with Gasteiger partial charge < -0.3 is 14.7 Å². The number of fused-ring (bicyclic) bond motifs is 3. The Balaban J connectivity index is 1.86. The van der Waals surface area contributed by atoms with Crippen molar-refractivity contribution in [3.05, 3.63) is 33.3 Å². The van der Waals surface area contributed by atoms with Crippen molar-refractivity contribution in [2.75, 3.05) is 19.6 Å². The largest absolute Gasteiger partial charge is 0.479 e. The van der Waals surface area contributed by atoms with Crippen LogP contribution >= 0.6 is 23.2 Å². The molecule has 3 rings (SSSR count). The van der Waals surface area contributed by atoms with Crippen LogP contribution in [0.4, 0.5) is 0 Å². The Hall–Kier alpha value is -1.56. The van der Waals surface area contributed by atoms with Crippen molar-refractivity contribution in [2.45, 2.75) is 65.4 Å². The minimum Gasteiger partial charge on any atom is -0.479 e. The highest BCUT2D eigenvalue weighted by Crippen LogP contribution is 2.57. The number of rotatable bonds is 10. The molecule has 1 aromatic rings. The summed E-state index contributed by atoms with van der Waals surface area (Å²) in [5.41, 5.74) is 2.65. The van der Waals surface area contributed by atoms with E-state index in [0.717, 1.165) is 55.6 Å². The van der Waals surface area contributed by atoms with Gasteiger partial charge >= 0.3 is 5.97 Å². The Bertz CT molecular complexity index is 894. The summed E-state index contributed by atoms with van der Waals surface area (Å²) in [4.78, 5) is 26.2. The number of ketones is 1. The number of ether oxygens (including phenoxy) is 1. The Labute approximate surface area is 194 Å². The fraction of sp³-hybridized carbons (Fsp3) is 0.583. The van der Waals surface area contributed by atoms with Gasteiger partial charge in [0.15, 0.2) is 11.9 Å². The van der Waals surface area contributed by atoms with E-state index in [1.165, 1.54) is 0 Å². The van der Waals surface area contributed by atoms with E-state index >= 15 is 0 Å². The first-order chi connectivity index (χ1) is 14.8. The molecule has 0 spiro atoms. The lowest BCUT2D eigenvalue weighted by atomic mass is 9.71. The van der Waals surface area contributed by atoms with Gasteiger partial charge in [0, 0.05) is 17.4 Å². The Morgan fingerprint density at radius 1 is 1.26 bits per heavy atom. The van der Waals surface area contributed by atoms with Crippen LogP contribution in [-0.4, -0.2) is 47.5 Å². The predicted molar refractivity (Wildman–Crippen MR) is 124 cm³/mol. The standard InChI is InChI=1S/C24H31Cl2NO4/c1-4-24-10-9-16(28)13-17(24)20-15(14-24)12-19(21(25)22(20)26)31-18(23(29)30)8-7-11-27(5-2)6-3/h12-13,18H,4-11,14H2,1-3H3,(H,29,30). The number of hydrogen-bond acceptors (Lipinski definition) is 4. The smallest absolute Gasteiger partial charge is 0.344 e. The summed E-state index contributed by atoms with van der Waals surface area (Å²) in [5, 5.41) is 10.2. The quantitative estimate of drug-likeness (QED) is 0.481. The predicted octanol–water partition coefficient (Wildman–Crippen LogP) is 5.65. The van der Waals surface area contributed by atoms with Gasteiger partial charge in [-0.1, -0.05) is 44.0 Å². The van der Waals surface area contributed by atoms with Crippen LogP contribution in [0.3, 0.4) is 0 Å². The minimum atomic E-state index is -1.01. The third kappa shape index (κ3) is 4.79. The van der Waals surface area contributed by atoms with Crippen LogP contribution in [-0.2, 0) is 16.0 Å². The molecule has 1 aromatic carbocycles. The van der Waals surface area contributed by atoms with Crippen molar-refractivity contribution in [3.8, 4) is 5.75 Å². The van der Waals surface area contributed by atoms with Crippen molar-refractivity contribution in [1.29, 1.82) is 0 Å². The maximum Gasteiger partial charge on any atom is 0.344 e. The van der Waals surface area contributed by atoms with E-state index < -0.39 is 12.1 Å². The third-order valence-electron chi connectivity index (χ3n) is 6.84. The lowest BCUT2D eigenvalue weighted by Gasteiger charge is -2.32. The molecule has 0 heterocycles. The zero-order chi connectivity index (χ0) is 22.8. The molecule has 5 nitrogen and oxygen atoms in total. The molecule has 1 N–H and O–H groups in total. The summed E-state index contributed by atoms with van der Waals surface area (Å²) in [7, 11) is 0. The van der Waals surface area contributed by atoms with Crippen LogP contribution in [0.25, 0.3) is 5.57 Å². The number of carboxylic acids is 1. The number of benzene rings is 1. The van der Waals surface area contributed by atoms with Crippen LogP contribution in [0, 0.1) is 5.41 Å². The maximum absolute atomic E-state index is 12.1. The molecule has 0 saturated carbocycles. The van der Waals surface area contributed by atoms with Crippen molar-refractivity contribution in [3.63, 3.8) is 0 Å². The molecule has 2 aliphatic rings. The van der Waals surface area contributed by atoms with E-state index in [1.807, 2.05) is 6.07 Å². The summed E-state index contributed by atoms with van der Waals surface area (Å²) in [5.74, 6) is -0.602. The van der Waals surface area contributed by atoms with E-state index in [9.17, 15) is 14.7 Å². The first kappa shape index (κ1) is 24.1. The first-order valence-corrected chi connectivity index (χ1v) is 11.9. The third-order valence-corrected chi connectivity index (χ3v) is 7.69. The average Bonchev–Trinajstić information content (AvgIpc) is 3.07. The van der Waals surface area contributed by atoms with Crippen molar-refractivity contribution in [2.24, 2.45) is 5.41 Å². The van der Waals surface area contributed by atoms with Crippen molar-refractivity contribution >= 4 is 40.5 Å². The zero-order valence-electron chi connectivity index (χ0n) is 18.5. The molecule has 2 unspecified atom stereocenters. The maximum atomic E-state index is 12.1. The molecular formula is C24H31Cl2NO4. The normalized spacial score (nSPS) is 21.0. The Morgan fingerprint density at radius 3 is 2.58 bits per heavy atom. The number of allylic oxidation sites excluding steroid dienone is 2. The molecule has 0 amide bonds. The molecule has 2 atom stereocenters. The van der Waals surface area contributed by atoms with Crippen LogP contribution in [0.2, 0.25) is 10.0 Å². The topological polar surface area (TPSA) is 66.8 Å². The summed E-state index contributed by atoms with van der Waals surface area (Å²) in [6, 6.07) is 1.82. The Kier molecular flexibility index (Phi) is 7.72. The zero-order valence-corrected chi connectivity index (χ0v) is 20.0. The van der Waals surface area contributed by atoms with Gasteiger partial charge in [-0.25, -0.2) is 4.79 Å². The van der Waals surface area contributed by atoms with Crippen LogP contribution in [0.15, 0.2) is 12.1 Å². The molecule has 0 aromatic heterocycles. The molecule has 0 fully saturated rings. The van der Waals surface area contributed by atoms with E-state index in [2.05, 4.69) is 25.7 Å². The van der Waals surface area contributed by atoms with Gasteiger partial charge in [-0.2, -0.15) is 0 Å². The SMILES string of the molecule is CCN(CC)CCCC(Oc1cc2c(c(Cl)c1Cl)C1=CC(=O)CCC1(CC)C2)C(=O)O. The number of nitrogens with zero attached hydrogens (tertiary/aromatic N) is 1. The van der Waals surface area contributed by atoms with Crippen LogP contribution < -0.4 is 4.74 Å². The van der Waals surface area contributed by atoms with Gasteiger partial charge in [0.2, 0.25) is 0 Å². The summed E-state index contributed by atoms with van der Waals surface area (Å²) in [6.45, 7) is 8.98. The average molecular weight is 468 g/mol. The number of halogens is 2. The highest BCUT2D eigenvalue weighted by Gasteiger charge is 2.44. The molecule has 0 radical (unpaired) electrons. The van der Waals surface area contributed by atoms with Crippen LogP contribution in [0.1, 0.15) is 64.0 Å². The Morgan fingerprint density at radius 2 is 1.97 bits per heavy atom. The lowest BCUT2D eigenvalue weighted by molar-refractivity contribution is -0.145. The summed E-state index contributed by atoms with van der Waals surface area (Å²) in [6.07, 6.45) is 4.79. The number of hydrogen-bond donors (Lipinski definition) is 1. The molecule has 7 heteroatoms. The molecule has 170 valence electrons. The first-order valence-electron chi connectivity index (χ1n) is 11.1. The second kappa shape index (κ2) is 9.93. The van der Waals surface area contributed by atoms with Gasteiger partial charge in [-0.15, -0.1) is 0 Å². The number of carbonyl (C=O) groups is 2. The van der Waals surface area contributed by atoms with E-state index in [4.69, 9.17) is 27.9 Å². The summed E-state index contributed by atoms with van der Waals surface area (Å²) >= 11 is 13.2. The molecular weight excluding hydrogens is 437 g/mol. The van der Waals surface area contributed by atoms with Gasteiger partial charge in [-0.3, -0.25) is 4.79 Å².